The number of unbranched alkanes of at least 4 members (excludes halogenated alkanes) is 6. The third-order valence-electron chi connectivity index (χ3n) is 4.85. The van der Waals surface area contributed by atoms with E-state index < -0.39 is 29.3 Å². The second kappa shape index (κ2) is 31.2. The van der Waals surface area contributed by atoms with E-state index in [1.54, 1.807) is 0 Å². The SMILES string of the molecule is C=C(C)C(=O)O.C=C(C)C(=O)O.C=C(C)C(=O)O.CCC(CO)(CO)CO.CCCCCCCCCC(=O)O. The molecule has 39 heavy (non-hydrogen) atoms. The average molecular weight is 565 g/mol. The second-order valence-electron chi connectivity index (χ2n) is 8.85. The van der Waals surface area contributed by atoms with Crippen LogP contribution in [-0.2, 0) is 19.2 Å². The summed E-state index contributed by atoms with van der Waals surface area (Å²) in [5.74, 6) is -3.47. The molecule has 7 N–H and O–H groups in total. The van der Waals surface area contributed by atoms with Gasteiger partial charge in [-0.15, -0.1) is 0 Å². The lowest BCUT2D eigenvalue weighted by Crippen LogP contribution is -2.32. The molecule has 230 valence electrons. The summed E-state index contributed by atoms with van der Waals surface area (Å²) in [5, 5.41) is 58.0. The summed E-state index contributed by atoms with van der Waals surface area (Å²) in [7, 11) is 0. The molecule has 0 aliphatic heterocycles. The molecule has 0 saturated carbocycles. The van der Waals surface area contributed by atoms with E-state index in [1.807, 2.05) is 6.92 Å². The molecule has 0 amide bonds. The van der Waals surface area contributed by atoms with Gasteiger partial charge in [-0.05, 0) is 33.6 Å². The van der Waals surface area contributed by atoms with Crippen molar-refractivity contribution in [2.45, 2.75) is 92.4 Å². The summed E-state index contributed by atoms with van der Waals surface area (Å²) >= 11 is 0. The number of aliphatic carboxylic acids is 4. The van der Waals surface area contributed by atoms with Crippen LogP contribution in [-0.4, -0.2) is 79.4 Å². The molecular weight excluding hydrogens is 512 g/mol. The van der Waals surface area contributed by atoms with Crippen molar-refractivity contribution in [2.24, 2.45) is 5.41 Å². The maximum absolute atomic E-state index is 10.1. The molecule has 0 aromatic rings. The highest BCUT2D eigenvalue weighted by molar-refractivity contribution is 5.85. The molecule has 0 atom stereocenters. The molecule has 0 heterocycles. The highest BCUT2D eigenvalue weighted by Crippen LogP contribution is 2.18. The van der Waals surface area contributed by atoms with E-state index >= 15 is 0 Å². The largest absolute Gasteiger partial charge is 0.481 e. The number of carboxylic acid groups (broad SMARTS) is 4. The highest BCUT2D eigenvalue weighted by atomic mass is 16.4. The van der Waals surface area contributed by atoms with Gasteiger partial charge in [0.15, 0.2) is 0 Å². The Morgan fingerprint density at radius 2 is 0.821 bits per heavy atom. The number of carbonyl (C=O) groups is 4. The van der Waals surface area contributed by atoms with Crippen LogP contribution >= 0.6 is 0 Å². The van der Waals surface area contributed by atoms with Crippen LogP contribution in [0.2, 0.25) is 0 Å². The van der Waals surface area contributed by atoms with Gasteiger partial charge in [-0.2, -0.15) is 0 Å². The molecule has 0 rings (SSSR count). The van der Waals surface area contributed by atoms with Gasteiger partial charge in [-0.1, -0.05) is 72.1 Å². The number of aliphatic hydroxyl groups is 3. The maximum Gasteiger partial charge on any atom is 0.330 e. The summed E-state index contributed by atoms with van der Waals surface area (Å²) in [4.78, 5) is 38.9. The van der Waals surface area contributed by atoms with Crippen LogP contribution in [0.5, 0.6) is 0 Å². The van der Waals surface area contributed by atoms with E-state index in [9.17, 15) is 19.2 Å². The van der Waals surface area contributed by atoms with Gasteiger partial charge in [0.05, 0.1) is 19.8 Å². The Morgan fingerprint density at radius 1 is 0.564 bits per heavy atom. The Hall–Kier alpha value is -3.02. The van der Waals surface area contributed by atoms with Gasteiger partial charge >= 0.3 is 23.9 Å². The second-order valence-corrected chi connectivity index (χ2v) is 8.85. The summed E-state index contributed by atoms with van der Waals surface area (Å²) < 4.78 is 0. The monoisotopic (exact) mass is 564 g/mol. The van der Waals surface area contributed by atoms with E-state index in [0.29, 0.717) is 12.8 Å². The zero-order valence-electron chi connectivity index (χ0n) is 24.4. The van der Waals surface area contributed by atoms with Gasteiger partial charge < -0.3 is 35.7 Å². The van der Waals surface area contributed by atoms with Crippen molar-refractivity contribution in [3.8, 4) is 0 Å². The molecule has 0 aliphatic carbocycles. The Morgan fingerprint density at radius 3 is 0.974 bits per heavy atom. The van der Waals surface area contributed by atoms with Crippen LogP contribution in [0.3, 0.4) is 0 Å². The Balaban J connectivity index is -0.000000128. The van der Waals surface area contributed by atoms with Crippen molar-refractivity contribution in [3.05, 3.63) is 36.5 Å². The molecule has 0 aromatic carbocycles. The van der Waals surface area contributed by atoms with Crippen LogP contribution in [0.4, 0.5) is 0 Å². The van der Waals surface area contributed by atoms with E-state index in [2.05, 4.69) is 26.7 Å². The molecule has 0 aliphatic rings. The number of hydrogen-bond acceptors (Lipinski definition) is 7. The normalized spacial score (nSPS) is 9.33. The van der Waals surface area contributed by atoms with Gasteiger partial charge in [0.25, 0.3) is 0 Å². The average Bonchev–Trinajstić information content (AvgIpc) is 2.86. The van der Waals surface area contributed by atoms with E-state index in [-0.39, 0.29) is 36.5 Å². The Labute approximate surface area is 233 Å². The third kappa shape index (κ3) is 42.3. The van der Waals surface area contributed by atoms with Crippen LogP contribution in [0.1, 0.15) is 92.4 Å². The quantitative estimate of drug-likeness (QED) is 0.109. The lowest BCUT2D eigenvalue weighted by molar-refractivity contribution is -0.137. The first-order valence-corrected chi connectivity index (χ1v) is 12.7. The molecule has 0 saturated heterocycles. The van der Waals surface area contributed by atoms with Crippen molar-refractivity contribution >= 4 is 23.9 Å². The third-order valence-corrected chi connectivity index (χ3v) is 4.85. The molecule has 0 radical (unpaired) electrons. The van der Waals surface area contributed by atoms with Crippen molar-refractivity contribution in [3.63, 3.8) is 0 Å². The number of rotatable bonds is 15. The lowest BCUT2D eigenvalue weighted by atomic mass is 9.88. The van der Waals surface area contributed by atoms with Crippen LogP contribution < -0.4 is 0 Å². The number of carboxylic acids is 4. The molecule has 0 spiro atoms. The molecule has 0 fully saturated rings. The first-order valence-electron chi connectivity index (χ1n) is 12.7. The highest BCUT2D eigenvalue weighted by Gasteiger charge is 2.24. The smallest absolute Gasteiger partial charge is 0.330 e. The first kappa shape index (κ1) is 45.9. The fourth-order valence-corrected chi connectivity index (χ4v) is 1.72. The standard InChI is InChI=1S/C10H20O2.C6H14O3.3C4H6O2/c1-2-3-4-5-6-7-8-9-10(11)12;1-2-6(3-7,4-8)5-9;3*1-3(2)4(5)6/h2-9H2,1H3,(H,11,12);7-9H,2-5H2,1H3;3*1H2,2H3,(H,5,6). The van der Waals surface area contributed by atoms with Crippen molar-refractivity contribution in [1.82, 2.24) is 0 Å². The molecule has 0 aromatic heterocycles. The van der Waals surface area contributed by atoms with Crippen molar-refractivity contribution in [2.75, 3.05) is 19.8 Å². The Bertz CT molecular complexity index is 598. The van der Waals surface area contributed by atoms with Crippen LogP contribution in [0, 0.1) is 5.41 Å². The zero-order valence-corrected chi connectivity index (χ0v) is 24.4. The minimum Gasteiger partial charge on any atom is -0.481 e. The Kier molecular flexibility index (Phi) is 36.7. The fraction of sp³-hybridized carbons (Fsp3) is 0.643. The summed E-state index contributed by atoms with van der Waals surface area (Å²) in [6.45, 7) is 17.4. The zero-order chi connectivity index (χ0) is 32.0. The van der Waals surface area contributed by atoms with Gasteiger partial charge in [-0.3, -0.25) is 4.79 Å². The van der Waals surface area contributed by atoms with Gasteiger partial charge in [0.2, 0.25) is 0 Å². The predicted molar refractivity (Wildman–Crippen MR) is 152 cm³/mol. The summed E-state index contributed by atoms with van der Waals surface area (Å²) in [6.07, 6.45) is 9.24. The number of aliphatic hydroxyl groups excluding tert-OH is 3. The first-order chi connectivity index (χ1) is 17.9. The van der Waals surface area contributed by atoms with Crippen LogP contribution in [0.25, 0.3) is 0 Å². The van der Waals surface area contributed by atoms with E-state index in [0.717, 1.165) is 12.8 Å². The lowest BCUT2D eigenvalue weighted by Gasteiger charge is -2.24. The van der Waals surface area contributed by atoms with Crippen LogP contribution in [0.15, 0.2) is 36.5 Å². The molecule has 0 bridgehead atoms. The molecule has 11 nitrogen and oxygen atoms in total. The van der Waals surface area contributed by atoms with E-state index in [1.165, 1.54) is 52.9 Å². The minimum atomic E-state index is -0.935. The van der Waals surface area contributed by atoms with Gasteiger partial charge in [0.1, 0.15) is 0 Å². The van der Waals surface area contributed by atoms with Crippen molar-refractivity contribution < 1.29 is 54.9 Å². The fourth-order valence-electron chi connectivity index (χ4n) is 1.72. The van der Waals surface area contributed by atoms with E-state index in [4.69, 9.17) is 35.7 Å². The maximum atomic E-state index is 10.1. The molecular formula is C28H52O11. The number of hydrogen-bond donors (Lipinski definition) is 7. The predicted octanol–water partition coefficient (Wildman–Crippen LogP) is 4.51. The van der Waals surface area contributed by atoms with Gasteiger partial charge in [0, 0.05) is 28.6 Å². The van der Waals surface area contributed by atoms with Gasteiger partial charge in [-0.25, -0.2) is 14.4 Å². The minimum absolute atomic E-state index is 0.156. The molecule has 0 unspecified atom stereocenters. The van der Waals surface area contributed by atoms with Crippen molar-refractivity contribution in [1.29, 1.82) is 0 Å². The summed E-state index contributed by atoms with van der Waals surface area (Å²) in [6, 6.07) is 0. The summed E-state index contributed by atoms with van der Waals surface area (Å²) in [5.41, 5.74) is -0.139. The molecule has 11 heteroatoms. The topological polar surface area (TPSA) is 210 Å².